The second-order valence-corrected chi connectivity index (χ2v) is 8.06. The van der Waals surface area contributed by atoms with E-state index in [-0.39, 0.29) is 17.0 Å². The third kappa shape index (κ3) is 5.13. The zero-order valence-electron chi connectivity index (χ0n) is 13.8. The highest BCUT2D eigenvalue weighted by molar-refractivity contribution is 9.10. The summed E-state index contributed by atoms with van der Waals surface area (Å²) in [5.74, 6) is -1.74. The molecule has 0 fully saturated rings. The summed E-state index contributed by atoms with van der Waals surface area (Å²) in [4.78, 5) is 22.8. The number of carboxylic acids is 1. The molecule has 9 heteroatoms. The molecule has 0 heterocycles. The molecule has 3 N–H and O–H groups in total. The number of carbonyl (C=O) groups excluding carboxylic acids is 1. The maximum Gasteiger partial charge on any atom is 0.335 e. The molecule has 0 atom stereocenters. The van der Waals surface area contributed by atoms with Gasteiger partial charge in [0.15, 0.2) is 0 Å². The number of carbonyl (C=O) groups is 2. The minimum atomic E-state index is -4.05. The molecular formula is C17H17BrN2O5S. The fourth-order valence-corrected chi connectivity index (χ4v) is 4.02. The van der Waals surface area contributed by atoms with Gasteiger partial charge in [-0.05, 0) is 30.2 Å². The van der Waals surface area contributed by atoms with Crippen LogP contribution in [0.3, 0.4) is 0 Å². The predicted molar refractivity (Wildman–Crippen MR) is 99.3 cm³/mol. The summed E-state index contributed by atoms with van der Waals surface area (Å²) >= 11 is 3.15. The van der Waals surface area contributed by atoms with Gasteiger partial charge in [-0.3, -0.25) is 4.79 Å². The Labute approximate surface area is 159 Å². The highest BCUT2D eigenvalue weighted by Gasteiger charge is 2.22. The highest BCUT2D eigenvalue weighted by Crippen LogP contribution is 2.25. The Kier molecular flexibility index (Phi) is 6.52. The van der Waals surface area contributed by atoms with Gasteiger partial charge in [-0.15, -0.1) is 0 Å². The van der Waals surface area contributed by atoms with Crippen molar-refractivity contribution in [3.05, 3.63) is 63.6 Å². The van der Waals surface area contributed by atoms with E-state index in [1.54, 1.807) is 6.92 Å². The van der Waals surface area contributed by atoms with Gasteiger partial charge in [-0.2, -0.15) is 0 Å². The quantitative estimate of drug-likeness (QED) is 0.609. The fraction of sp³-hybridized carbons (Fsp3) is 0.176. The Morgan fingerprint density at radius 3 is 2.42 bits per heavy atom. The van der Waals surface area contributed by atoms with Crippen molar-refractivity contribution in [1.82, 2.24) is 10.0 Å². The van der Waals surface area contributed by atoms with Gasteiger partial charge in [0.25, 0.3) is 0 Å². The highest BCUT2D eigenvalue weighted by atomic mass is 79.9. The molecule has 2 rings (SSSR count). The Bertz CT molecular complexity index is 930. The first kappa shape index (κ1) is 20.1. The van der Waals surface area contributed by atoms with E-state index in [0.717, 1.165) is 11.6 Å². The van der Waals surface area contributed by atoms with E-state index in [2.05, 4.69) is 26.0 Å². The van der Waals surface area contributed by atoms with Gasteiger partial charge >= 0.3 is 5.97 Å². The van der Waals surface area contributed by atoms with Crippen molar-refractivity contribution in [2.24, 2.45) is 0 Å². The summed E-state index contributed by atoms with van der Waals surface area (Å²) in [5, 5.41) is 11.7. The van der Waals surface area contributed by atoms with Crippen LogP contribution in [0.1, 0.15) is 21.5 Å². The van der Waals surface area contributed by atoms with Gasteiger partial charge in [-0.1, -0.05) is 46.3 Å². The number of nitrogens with one attached hydrogen (secondary N) is 2. The number of hydrogen-bond donors (Lipinski definition) is 3. The van der Waals surface area contributed by atoms with Crippen molar-refractivity contribution >= 4 is 37.8 Å². The van der Waals surface area contributed by atoms with E-state index < -0.39 is 28.4 Å². The molecule has 7 nitrogen and oxygen atoms in total. The number of benzene rings is 2. The Balaban J connectivity index is 2.07. The second kappa shape index (κ2) is 8.43. The van der Waals surface area contributed by atoms with Crippen LogP contribution in [0.15, 0.2) is 51.8 Å². The summed E-state index contributed by atoms with van der Waals surface area (Å²) in [6, 6.07) is 11.6. The number of sulfonamides is 1. The number of aromatic carboxylic acids is 1. The first-order chi connectivity index (χ1) is 12.2. The van der Waals surface area contributed by atoms with Crippen LogP contribution in [-0.2, 0) is 21.4 Å². The molecule has 0 saturated carbocycles. The van der Waals surface area contributed by atoms with Gasteiger partial charge in [-0.25, -0.2) is 17.9 Å². The summed E-state index contributed by atoms with van der Waals surface area (Å²) < 4.78 is 27.5. The number of hydrogen-bond acceptors (Lipinski definition) is 4. The number of halogens is 1. The van der Waals surface area contributed by atoms with E-state index in [0.29, 0.717) is 10.0 Å². The fourth-order valence-electron chi connectivity index (χ4n) is 2.15. The third-order valence-electron chi connectivity index (χ3n) is 3.59. The minimum absolute atomic E-state index is 0.170. The standard InChI is InChI=1S/C17H17BrN2O5S/c1-11-14(18)7-13(17(22)23)8-15(11)26(24,25)20-10-16(21)19-9-12-5-3-2-4-6-12/h2-8,20H,9-10H2,1H3,(H,19,21)(H,22,23). The lowest BCUT2D eigenvalue weighted by Gasteiger charge is -2.12. The van der Waals surface area contributed by atoms with Gasteiger partial charge in [0.05, 0.1) is 17.0 Å². The van der Waals surface area contributed by atoms with Crippen molar-refractivity contribution in [2.45, 2.75) is 18.4 Å². The Hall–Kier alpha value is -2.23. The molecule has 2 aromatic rings. The van der Waals surface area contributed by atoms with Crippen LogP contribution < -0.4 is 10.0 Å². The molecule has 0 aliphatic carbocycles. The molecule has 0 unspecified atom stereocenters. The predicted octanol–water partition coefficient (Wildman–Crippen LogP) is 2.05. The van der Waals surface area contributed by atoms with Crippen molar-refractivity contribution in [3.63, 3.8) is 0 Å². The monoisotopic (exact) mass is 440 g/mol. The smallest absolute Gasteiger partial charge is 0.335 e. The summed E-state index contributed by atoms with van der Waals surface area (Å²) in [6.07, 6.45) is 0. The average Bonchev–Trinajstić information content (AvgIpc) is 2.61. The van der Waals surface area contributed by atoms with E-state index in [9.17, 15) is 18.0 Å². The lowest BCUT2D eigenvalue weighted by molar-refractivity contribution is -0.120. The van der Waals surface area contributed by atoms with Gasteiger partial charge in [0.1, 0.15) is 0 Å². The molecule has 0 radical (unpaired) electrons. The number of rotatable bonds is 7. The normalized spacial score (nSPS) is 11.2. The van der Waals surface area contributed by atoms with Crippen LogP contribution >= 0.6 is 15.9 Å². The molecule has 1 amide bonds. The molecule has 0 bridgehead atoms. The molecule has 0 aliphatic heterocycles. The van der Waals surface area contributed by atoms with Crippen LogP contribution in [0.2, 0.25) is 0 Å². The minimum Gasteiger partial charge on any atom is -0.478 e. The molecular weight excluding hydrogens is 424 g/mol. The average molecular weight is 441 g/mol. The molecule has 26 heavy (non-hydrogen) atoms. The lowest BCUT2D eigenvalue weighted by Crippen LogP contribution is -2.36. The second-order valence-electron chi connectivity index (χ2n) is 5.47. The van der Waals surface area contributed by atoms with Crippen molar-refractivity contribution < 1.29 is 23.1 Å². The first-order valence-corrected chi connectivity index (χ1v) is 9.82. The van der Waals surface area contributed by atoms with Crippen molar-refractivity contribution in [2.75, 3.05) is 6.54 Å². The van der Waals surface area contributed by atoms with Crippen LogP contribution in [0.4, 0.5) is 0 Å². The van der Waals surface area contributed by atoms with Gasteiger partial charge in [0, 0.05) is 11.0 Å². The zero-order chi connectivity index (χ0) is 19.3. The molecule has 138 valence electrons. The zero-order valence-corrected chi connectivity index (χ0v) is 16.2. The van der Waals surface area contributed by atoms with Crippen LogP contribution in [0.5, 0.6) is 0 Å². The van der Waals surface area contributed by atoms with E-state index in [1.807, 2.05) is 30.3 Å². The molecule has 0 saturated heterocycles. The van der Waals surface area contributed by atoms with Crippen LogP contribution in [0, 0.1) is 6.92 Å². The number of carboxylic acid groups (broad SMARTS) is 1. The number of amides is 1. The molecule has 0 aliphatic rings. The van der Waals surface area contributed by atoms with E-state index >= 15 is 0 Å². The molecule has 0 spiro atoms. The SMILES string of the molecule is Cc1c(Br)cc(C(=O)O)cc1S(=O)(=O)NCC(=O)NCc1ccccc1. The van der Waals surface area contributed by atoms with Gasteiger partial charge in [0.2, 0.25) is 15.9 Å². The largest absolute Gasteiger partial charge is 0.478 e. The summed E-state index contributed by atoms with van der Waals surface area (Å²) in [7, 11) is -4.05. The summed E-state index contributed by atoms with van der Waals surface area (Å²) in [5.41, 5.74) is 1.07. The van der Waals surface area contributed by atoms with Crippen LogP contribution in [-0.4, -0.2) is 31.9 Å². The van der Waals surface area contributed by atoms with E-state index in [1.165, 1.54) is 6.07 Å². The first-order valence-electron chi connectivity index (χ1n) is 7.54. The Morgan fingerprint density at radius 2 is 1.81 bits per heavy atom. The lowest BCUT2D eigenvalue weighted by atomic mass is 10.1. The molecule has 2 aromatic carbocycles. The topological polar surface area (TPSA) is 113 Å². The Morgan fingerprint density at radius 1 is 1.15 bits per heavy atom. The maximum absolute atomic E-state index is 12.5. The molecule has 0 aromatic heterocycles. The summed E-state index contributed by atoms with van der Waals surface area (Å²) in [6.45, 7) is 1.36. The maximum atomic E-state index is 12.5. The van der Waals surface area contributed by atoms with Crippen molar-refractivity contribution in [3.8, 4) is 0 Å². The van der Waals surface area contributed by atoms with Crippen molar-refractivity contribution in [1.29, 1.82) is 0 Å². The third-order valence-corrected chi connectivity index (χ3v) is 5.94. The van der Waals surface area contributed by atoms with Gasteiger partial charge < -0.3 is 10.4 Å². The van der Waals surface area contributed by atoms with Crippen LogP contribution in [0.25, 0.3) is 0 Å². The van der Waals surface area contributed by atoms with E-state index in [4.69, 9.17) is 5.11 Å².